The van der Waals surface area contributed by atoms with Crippen LogP contribution in [0.25, 0.3) is 0 Å². The van der Waals surface area contributed by atoms with Crippen molar-refractivity contribution in [1.82, 2.24) is 0 Å². The number of fused-ring (bicyclic) bond motifs is 5. The van der Waals surface area contributed by atoms with Gasteiger partial charge in [-0.1, -0.05) is 52.3 Å². The number of rotatable bonds is 15. The Morgan fingerprint density at radius 3 is 2.21 bits per heavy atom. The van der Waals surface area contributed by atoms with E-state index in [9.17, 15) is 35.7 Å². The van der Waals surface area contributed by atoms with Gasteiger partial charge in [0, 0.05) is 37.5 Å². The normalized spacial score (nSPS) is 46.8. The molecule has 0 aromatic rings. The van der Waals surface area contributed by atoms with E-state index in [-0.39, 0.29) is 53.8 Å². The van der Waals surface area contributed by atoms with Crippen molar-refractivity contribution in [2.75, 3.05) is 19.8 Å². The Bertz CT molecular complexity index is 1550. The molecule has 0 bridgehead atoms. The predicted octanol–water partition coefficient (Wildman–Crippen LogP) is 5.29. The van der Waals surface area contributed by atoms with Crippen LogP contribution >= 0.6 is 0 Å². The summed E-state index contributed by atoms with van der Waals surface area (Å²) < 4.78 is 36.9. The lowest BCUT2D eigenvalue weighted by Gasteiger charge is -2.66. The lowest BCUT2D eigenvalue weighted by Crippen LogP contribution is -2.59. The second kappa shape index (κ2) is 18.9. The Morgan fingerprint density at radius 2 is 1.53 bits per heavy atom. The first-order valence-electron chi connectivity index (χ1n) is 24.1. The van der Waals surface area contributed by atoms with Crippen LogP contribution in [0.2, 0.25) is 0 Å². The topological polar surface area (TPSA) is 197 Å². The summed E-state index contributed by atoms with van der Waals surface area (Å²) in [5.74, 6) is 1.77. The van der Waals surface area contributed by atoms with Gasteiger partial charge in [0.2, 0.25) is 0 Å². The predicted molar refractivity (Wildman–Crippen MR) is 231 cm³/mol. The van der Waals surface area contributed by atoms with E-state index in [1.807, 2.05) is 0 Å². The Balaban J connectivity index is 0.988. The number of aliphatic hydroxyl groups excluding tert-OH is 6. The second-order valence-corrected chi connectivity index (χ2v) is 22.3. The van der Waals surface area contributed by atoms with Crippen LogP contribution in [-0.2, 0) is 28.4 Å². The molecule has 0 amide bonds. The summed E-state index contributed by atoms with van der Waals surface area (Å²) in [6.07, 6.45) is 7.39. The van der Waals surface area contributed by atoms with Crippen LogP contribution in [0.5, 0.6) is 0 Å². The summed E-state index contributed by atoms with van der Waals surface area (Å²) in [5.41, 5.74) is 0.347. The third-order valence-electron chi connectivity index (χ3n) is 17.8. The highest BCUT2D eigenvalue weighted by Crippen LogP contribution is 2.75. The summed E-state index contributed by atoms with van der Waals surface area (Å²) >= 11 is 0. The van der Waals surface area contributed by atoms with Crippen LogP contribution in [-0.4, -0.2) is 135 Å². The maximum atomic E-state index is 11.4. The van der Waals surface area contributed by atoms with E-state index in [2.05, 4.69) is 53.3 Å². The van der Waals surface area contributed by atoms with Crippen LogP contribution in [0.3, 0.4) is 0 Å². The van der Waals surface area contributed by atoms with Crippen LogP contribution in [0.4, 0.5) is 0 Å². The molecule has 7 rings (SSSR count). The van der Waals surface area contributed by atoms with Crippen LogP contribution in [0.1, 0.15) is 138 Å². The molecule has 3 saturated carbocycles. The molecule has 3 saturated heterocycles. The minimum Gasteiger partial charge on any atom is -0.394 e. The molecule has 0 radical (unpaired) electrons. The van der Waals surface area contributed by atoms with Crippen molar-refractivity contribution in [2.24, 2.45) is 45.3 Å². The molecule has 0 aromatic carbocycles. The van der Waals surface area contributed by atoms with Crippen LogP contribution in [0, 0.1) is 45.3 Å². The number of aliphatic hydroxyl groups is 7. The molecule has 3 heterocycles. The Hall–Kier alpha value is -1.04. The monoisotopic (exact) mass is 879 g/mol. The van der Waals surface area contributed by atoms with Crippen molar-refractivity contribution in [3.05, 3.63) is 24.3 Å². The van der Waals surface area contributed by atoms with E-state index in [1.165, 1.54) is 5.57 Å². The molecule has 13 heteroatoms. The van der Waals surface area contributed by atoms with Gasteiger partial charge in [-0.05, 0) is 112 Å². The number of hydrogen-bond donors (Lipinski definition) is 7. The minimum atomic E-state index is -1.16. The molecule has 7 aliphatic rings. The minimum absolute atomic E-state index is 0.00331. The molecule has 356 valence electrons. The standard InChI is InChI=1S/C49H82O13/c1-9-49-17-16-33(28(2)10-14-41(46(5,6)56)62-43-23-30(53)21-32(59-43)27-57-44-37(55)24-36(54)38(26-51)60-44)48(49,8)19-18-47(7)35-12-15-40(45(3,4)34(35)11-13-39(47)49)61-42-22-29(52)20-31(25-50)58-42/h9,11,28-33,35-44,50-56H,1,10,12-27H2,2-8H3/t28-,29+,30+,31+,32+,33?,35?,36+,37-,38-,39?,40+,41-,42+,43+,44+,47+,48-,49+/m1/s1. The largest absolute Gasteiger partial charge is 0.394 e. The fraction of sp³-hybridized carbons (Fsp3) is 0.918. The van der Waals surface area contributed by atoms with E-state index in [4.69, 9.17) is 28.4 Å². The molecule has 0 spiro atoms. The molecule has 13 nitrogen and oxygen atoms in total. The Kier molecular flexibility index (Phi) is 14.9. The fourth-order valence-corrected chi connectivity index (χ4v) is 14.2. The second-order valence-electron chi connectivity index (χ2n) is 22.3. The Morgan fingerprint density at radius 1 is 0.839 bits per heavy atom. The van der Waals surface area contributed by atoms with Crippen LogP contribution < -0.4 is 0 Å². The van der Waals surface area contributed by atoms with Gasteiger partial charge in [0.15, 0.2) is 18.9 Å². The summed E-state index contributed by atoms with van der Waals surface area (Å²) in [5, 5.41) is 72.5. The van der Waals surface area contributed by atoms with Gasteiger partial charge in [-0.2, -0.15) is 0 Å². The number of hydrogen-bond acceptors (Lipinski definition) is 13. The summed E-state index contributed by atoms with van der Waals surface area (Å²) in [6, 6.07) is 0. The zero-order valence-electron chi connectivity index (χ0n) is 38.7. The summed E-state index contributed by atoms with van der Waals surface area (Å²) in [4.78, 5) is 0. The van der Waals surface area contributed by atoms with Gasteiger partial charge in [0.25, 0.3) is 0 Å². The number of ether oxygens (including phenoxy) is 6. The Labute approximate surface area is 370 Å². The van der Waals surface area contributed by atoms with Crippen molar-refractivity contribution >= 4 is 0 Å². The van der Waals surface area contributed by atoms with Gasteiger partial charge in [-0.3, -0.25) is 0 Å². The van der Waals surface area contributed by atoms with E-state index in [1.54, 1.807) is 13.8 Å². The smallest absolute Gasteiger partial charge is 0.184 e. The molecule has 0 aromatic heterocycles. The zero-order chi connectivity index (χ0) is 45.0. The molecule has 19 atom stereocenters. The molecular weight excluding hydrogens is 797 g/mol. The van der Waals surface area contributed by atoms with Gasteiger partial charge in [0.1, 0.15) is 12.2 Å². The van der Waals surface area contributed by atoms with E-state index in [0.29, 0.717) is 49.4 Å². The first kappa shape index (κ1) is 48.9. The number of allylic oxidation sites excluding steroid dienone is 2. The third kappa shape index (κ3) is 9.30. The highest BCUT2D eigenvalue weighted by atomic mass is 16.7. The maximum Gasteiger partial charge on any atom is 0.184 e. The van der Waals surface area contributed by atoms with Crippen molar-refractivity contribution < 1.29 is 64.2 Å². The molecular formula is C49H82O13. The van der Waals surface area contributed by atoms with Gasteiger partial charge in [-0.25, -0.2) is 0 Å². The van der Waals surface area contributed by atoms with Crippen molar-refractivity contribution in [2.45, 2.75) is 218 Å². The van der Waals surface area contributed by atoms with Gasteiger partial charge in [-0.15, -0.1) is 6.58 Å². The van der Waals surface area contributed by atoms with Gasteiger partial charge < -0.3 is 64.2 Å². The zero-order valence-corrected chi connectivity index (χ0v) is 38.7. The van der Waals surface area contributed by atoms with Crippen LogP contribution in [0.15, 0.2) is 24.3 Å². The molecule has 7 N–H and O–H groups in total. The maximum absolute atomic E-state index is 11.4. The van der Waals surface area contributed by atoms with Crippen molar-refractivity contribution in [1.29, 1.82) is 0 Å². The molecule has 3 unspecified atom stereocenters. The molecule has 62 heavy (non-hydrogen) atoms. The highest BCUT2D eigenvalue weighted by Gasteiger charge is 2.68. The molecule has 3 aliphatic heterocycles. The summed E-state index contributed by atoms with van der Waals surface area (Å²) in [7, 11) is 0. The van der Waals surface area contributed by atoms with Crippen molar-refractivity contribution in [3.8, 4) is 0 Å². The first-order valence-corrected chi connectivity index (χ1v) is 24.1. The first-order chi connectivity index (χ1) is 29.2. The lowest BCUT2D eigenvalue weighted by molar-refractivity contribution is -0.296. The fourth-order valence-electron chi connectivity index (χ4n) is 14.2. The van der Waals surface area contributed by atoms with E-state index >= 15 is 0 Å². The molecule has 6 fully saturated rings. The van der Waals surface area contributed by atoms with E-state index in [0.717, 1.165) is 51.4 Å². The third-order valence-corrected chi connectivity index (χ3v) is 17.8. The van der Waals surface area contributed by atoms with Gasteiger partial charge in [0.05, 0.1) is 68.1 Å². The quantitative estimate of drug-likeness (QED) is 0.105. The lowest BCUT2D eigenvalue weighted by atomic mass is 9.38. The van der Waals surface area contributed by atoms with Gasteiger partial charge >= 0.3 is 0 Å². The van der Waals surface area contributed by atoms with Crippen molar-refractivity contribution in [3.63, 3.8) is 0 Å². The average molecular weight is 879 g/mol. The molecule has 4 aliphatic carbocycles. The highest BCUT2D eigenvalue weighted by molar-refractivity contribution is 5.32. The van der Waals surface area contributed by atoms with E-state index < -0.39 is 79.9 Å². The SMILES string of the molecule is C=C[C@@]12CCC([C@H](C)CC[C@@H](O[C@H]3C[C@@H](O)C[C@@H](CO[C@H]4O[C@H](CO)[C@@H](O)C[C@H]4O)O3)C(C)(C)O)[C@@]1(C)CC[C@@]1(C)C3CC[C@H](O[C@H]4C[C@@H](O)C[C@@H](CO)O4)C(C)(C)C3=CCC12. The average Bonchev–Trinajstić information content (AvgIpc) is 3.52. The summed E-state index contributed by atoms with van der Waals surface area (Å²) in [6.45, 7) is 19.8.